The third kappa shape index (κ3) is 7.02. The summed E-state index contributed by atoms with van der Waals surface area (Å²) in [5, 5.41) is 2.38. The van der Waals surface area contributed by atoms with Crippen LogP contribution in [0.15, 0.2) is 216 Å². The molecule has 0 saturated heterocycles. The lowest BCUT2D eigenvalue weighted by Gasteiger charge is -2.21. The molecule has 1 atom stereocenters. The van der Waals surface area contributed by atoms with Crippen molar-refractivity contribution in [2.24, 2.45) is 9.98 Å². The van der Waals surface area contributed by atoms with Crippen LogP contribution in [-0.4, -0.2) is 26.5 Å². The number of hydrogen-bond donors (Lipinski definition) is 0. The number of fused-ring (bicyclic) bond motifs is 1. The van der Waals surface area contributed by atoms with Crippen molar-refractivity contribution in [3.8, 4) is 56.4 Å². The van der Waals surface area contributed by atoms with Gasteiger partial charge in [-0.05, 0) is 44.2 Å². The first-order valence-corrected chi connectivity index (χ1v) is 19.6. The fraction of sp³-hybridized carbons (Fsp3) is 0.0377. The second kappa shape index (κ2) is 15.5. The summed E-state index contributed by atoms with van der Waals surface area (Å²) in [7, 11) is 0. The zero-order valence-corrected chi connectivity index (χ0v) is 31.7. The van der Waals surface area contributed by atoms with Crippen molar-refractivity contribution in [2.75, 3.05) is 0 Å². The minimum atomic E-state index is -0.00228. The molecule has 1 unspecified atom stereocenters. The number of hydrogen-bond acceptors (Lipinski definition) is 5. The van der Waals surface area contributed by atoms with Crippen LogP contribution in [0.3, 0.4) is 0 Å². The molecule has 8 aromatic carbocycles. The minimum absolute atomic E-state index is 0.00228. The van der Waals surface area contributed by atoms with Gasteiger partial charge in [0.05, 0.1) is 11.8 Å². The minimum Gasteiger partial charge on any atom is -0.258 e. The first kappa shape index (κ1) is 34.8. The Kier molecular flexibility index (Phi) is 9.30. The summed E-state index contributed by atoms with van der Waals surface area (Å²) in [6, 6.07) is 71.5. The molecule has 1 aliphatic heterocycles. The Morgan fingerprint density at radius 1 is 0.345 bits per heavy atom. The van der Waals surface area contributed by atoms with E-state index in [-0.39, 0.29) is 6.04 Å². The van der Waals surface area contributed by atoms with E-state index in [1.54, 1.807) is 0 Å². The Balaban J connectivity index is 1.00. The largest absolute Gasteiger partial charge is 0.258 e. The molecule has 0 fully saturated rings. The third-order valence-electron chi connectivity index (χ3n) is 10.7. The highest BCUT2D eigenvalue weighted by Crippen LogP contribution is 2.38. The predicted octanol–water partition coefficient (Wildman–Crippen LogP) is 12.7. The quantitative estimate of drug-likeness (QED) is 0.156. The maximum Gasteiger partial charge on any atom is 0.164 e. The van der Waals surface area contributed by atoms with Crippen LogP contribution in [0.25, 0.3) is 67.2 Å². The first-order chi connectivity index (χ1) is 28.7. The van der Waals surface area contributed by atoms with Crippen LogP contribution in [0.1, 0.15) is 29.2 Å². The average Bonchev–Trinajstić information content (AvgIpc) is 3.32. The normalized spacial score (nSPS) is 13.8. The van der Waals surface area contributed by atoms with Gasteiger partial charge >= 0.3 is 0 Å². The van der Waals surface area contributed by atoms with Gasteiger partial charge in [0.25, 0.3) is 0 Å². The van der Waals surface area contributed by atoms with Crippen LogP contribution in [0.2, 0.25) is 0 Å². The summed E-state index contributed by atoms with van der Waals surface area (Å²) in [5.74, 6) is 2.69. The van der Waals surface area contributed by atoms with Crippen LogP contribution in [0, 0.1) is 0 Å². The molecule has 9 aromatic rings. The predicted molar refractivity (Wildman–Crippen MR) is 238 cm³/mol. The fourth-order valence-electron chi connectivity index (χ4n) is 7.76. The highest BCUT2D eigenvalue weighted by molar-refractivity contribution is 6.14. The smallest absolute Gasteiger partial charge is 0.164 e. The first-order valence-electron chi connectivity index (χ1n) is 19.6. The Hall–Kier alpha value is -7.63. The van der Waals surface area contributed by atoms with Gasteiger partial charge in [0.15, 0.2) is 23.3 Å². The van der Waals surface area contributed by atoms with Crippen molar-refractivity contribution in [1.82, 2.24) is 15.0 Å². The molecule has 0 spiro atoms. The molecule has 2 heterocycles. The molecule has 0 amide bonds. The van der Waals surface area contributed by atoms with E-state index >= 15 is 0 Å². The van der Waals surface area contributed by atoms with Gasteiger partial charge in [0.1, 0.15) is 0 Å². The highest BCUT2D eigenvalue weighted by Gasteiger charge is 2.22. The molecule has 0 saturated carbocycles. The van der Waals surface area contributed by atoms with E-state index in [0.29, 0.717) is 17.5 Å². The van der Waals surface area contributed by atoms with E-state index in [4.69, 9.17) is 24.9 Å². The van der Waals surface area contributed by atoms with E-state index < -0.39 is 0 Å². The summed E-state index contributed by atoms with van der Waals surface area (Å²) in [6.45, 7) is 0. The zero-order chi connectivity index (χ0) is 38.7. The number of benzene rings is 8. The van der Waals surface area contributed by atoms with Crippen LogP contribution in [0.4, 0.5) is 0 Å². The van der Waals surface area contributed by atoms with Crippen molar-refractivity contribution < 1.29 is 0 Å². The molecular formula is C53H37N5. The summed E-state index contributed by atoms with van der Waals surface area (Å²) >= 11 is 0. The Morgan fingerprint density at radius 3 is 1.26 bits per heavy atom. The van der Waals surface area contributed by atoms with Gasteiger partial charge in [-0.3, -0.25) is 4.99 Å². The standard InChI is InChI=1S/C53H37N5/c1-5-15-38(16-6-1)47-35-48(39-17-7-2-8-18-39)55-50(54-47)43-31-27-36(28-32-43)45-25-13-23-40-24-14-26-46(49(40)45)37-29-33-44(34-30-37)53-57-51(41-19-9-3-10-20-41)56-52(58-53)42-21-11-4-12-22-42/h1-34,47H,35H2. The molecule has 10 rings (SSSR count). The lowest BCUT2D eigenvalue weighted by molar-refractivity contribution is 0.753. The van der Waals surface area contributed by atoms with E-state index in [0.717, 1.165) is 62.5 Å². The molecule has 0 radical (unpaired) electrons. The fourth-order valence-corrected chi connectivity index (χ4v) is 7.76. The van der Waals surface area contributed by atoms with Crippen LogP contribution < -0.4 is 0 Å². The molecule has 0 bridgehead atoms. The molecule has 274 valence electrons. The molecule has 1 aliphatic rings. The molecule has 0 N–H and O–H groups in total. The molecule has 5 nitrogen and oxygen atoms in total. The molecular weight excluding hydrogens is 707 g/mol. The lowest BCUT2D eigenvalue weighted by atomic mass is 9.91. The Bertz CT molecular complexity index is 2860. The van der Waals surface area contributed by atoms with Gasteiger partial charge in [0.2, 0.25) is 0 Å². The number of aromatic nitrogens is 3. The highest BCUT2D eigenvalue weighted by atomic mass is 15.0. The molecule has 5 heteroatoms. The number of rotatable bonds is 8. The second-order valence-electron chi connectivity index (χ2n) is 14.4. The number of nitrogens with zero attached hydrogens (tertiary/aromatic N) is 5. The topological polar surface area (TPSA) is 63.4 Å². The van der Waals surface area contributed by atoms with Crippen molar-refractivity contribution in [3.05, 3.63) is 223 Å². The monoisotopic (exact) mass is 743 g/mol. The van der Waals surface area contributed by atoms with Crippen LogP contribution in [-0.2, 0) is 0 Å². The van der Waals surface area contributed by atoms with Gasteiger partial charge in [-0.2, -0.15) is 0 Å². The van der Waals surface area contributed by atoms with Gasteiger partial charge in [0, 0.05) is 28.7 Å². The number of amidine groups is 1. The van der Waals surface area contributed by atoms with Gasteiger partial charge in [-0.1, -0.05) is 206 Å². The Morgan fingerprint density at radius 2 is 0.759 bits per heavy atom. The molecule has 0 aliphatic carbocycles. The van der Waals surface area contributed by atoms with Gasteiger partial charge in [-0.25, -0.2) is 19.9 Å². The maximum absolute atomic E-state index is 5.19. The molecule has 58 heavy (non-hydrogen) atoms. The van der Waals surface area contributed by atoms with E-state index in [1.807, 2.05) is 66.7 Å². The van der Waals surface area contributed by atoms with E-state index in [9.17, 15) is 0 Å². The summed E-state index contributed by atoms with van der Waals surface area (Å²) in [5.41, 5.74) is 11.8. The van der Waals surface area contributed by atoms with E-state index in [1.165, 1.54) is 21.9 Å². The summed E-state index contributed by atoms with van der Waals surface area (Å²) in [4.78, 5) is 25.1. The van der Waals surface area contributed by atoms with E-state index in [2.05, 4.69) is 140 Å². The maximum atomic E-state index is 5.19. The van der Waals surface area contributed by atoms with Crippen LogP contribution >= 0.6 is 0 Å². The Labute approximate surface area is 337 Å². The summed E-state index contributed by atoms with van der Waals surface area (Å²) in [6.07, 6.45) is 0.758. The number of aliphatic imine (C=N–C) groups is 2. The van der Waals surface area contributed by atoms with Gasteiger partial charge in [-0.15, -0.1) is 0 Å². The summed E-state index contributed by atoms with van der Waals surface area (Å²) < 4.78 is 0. The third-order valence-corrected chi connectivity index (χ3v) is 10.7. The SMILES string of the molecule is c1ccc(C2=NC(c3ccc(-c4cccc5cccc(-c6ccc(-c7nc(-c8ccccc8)nc(-c8ccccc8)n7)cc6)c45)cc3)=NC(c3ccccc3)C2)cc1. The molecule has 1 aromatic heterocycles. The van der Waals surface area contributed by atoms with Crippen LogP contribution in [0.5, 0.6) is 0 Å². The zero-order valence-electron chi connectivity index (χ0n) is 31.7. The lowest BCUT2D eigenvalue weighted by Crippen LogP contribution is -2.17. The average molecular weight is 744 g/mol. The van der Waals surface area contributed by atoms with Crippen molar-refractivity contribution in [2.45, 2.75) is 12.5 Å². The van der Waals surface area contributed by atoms with Crippen molar-refractivity contribution >= 4 is 22.3 Å². The van der Waals surface area contributed by atoms with Crippen molar-refractivity contribution in [3.63, 3.8) is 0 Å². The van der Waals surface area contributed by atoms with Gasteiger partial charge < -0.3 is 0 Å². The van der Waals surface area contributed by atoms with Crippen molar-refractivity contribution in [1.29, 1.82) is 0 Å². The second-order valence-corrected chi connectivity index (χ2v) is 14.4.